The van der Waals surface area contributed by atoms with Crippen LogP contribution in [0.4, 0.5) is 0 Å². The summed E-state index contributed by atoms with van der Waals surface area (Å²) in [6, 6.07) is 13.7. The molecule has 140 valence electrons. The second-order valence-corrected chi connectivity index (χ2v) is 7.01. The van der Waals surface area contributed by atoms with Gasteiger partial charge in [0.05, 0.1) is 36.5 Å². The average Bonchev–Trinajstić information content (AvgIpc) is 3.09. The zero-order chi connectivity index (χ0) is 19.3. The molecule has 5 rings (SSSR count). The van der Waals surface area contributed by atoms with Gasteiger partial charge in [0.25, 0.3) is 0 Å². The highest BCUT2D eigenvalue weighted by Gasteiger charge is 2.29. The second-order valence-electron chi connectivity index (χ2n) is 7.01. The normalized spacial score (nSPS) is 16.4. The Balaban J connectivity index is 1.58. The zero-order valence-electron chi connectivity index (χ0n) is 15.7. The molecule has 6 nitrogen and oxygen atoms in total. The van der Waals surface area contributed by atoms with Crippen LogP contribution in [0.2, 0.25) is 0 Å². The molecule has 1 atom stereocenters. The summed E-state index contributed by atoms with van der Waals surface area (Å²) in [6.07, 6.45) is 3.03. The molecule has 2 aromatic carbocycles. The van der Waals surface area contributed by atoms with Crippen molar-refractivity contribution < 1.29 is 14.3 Å². The number of imidazole rings is 1. The molecule has 0 N–H and O–H groups in total. The number of benzene rings is 2. The molecule has 1 aliphatic rings. The van der Waals surface area contributed by atoms with Gasteiger partial charge in [-0.3, -0.25) is 9.20 Å². The quantitative estimate of drug-likeness (QED) is 0.546. The second kappa shape index (κ2) is 6.34. The van der Waals surface area contributed by atoms with E-state index in [1.54, 1.807) is 14.2 Å². The number of hydrogen-bond acceptors (Lipinski definition) is 5. The smallest absolute Gasteiger partial charge is 0.235 e. The Morgan fingerprint density at radius 3 is 2.64 bits per heavy atom. The number of aromatic nitrogens is 3. The van der Waals surface area contributed by atoms with Crippen molar-refractivity contribution in [1.82, 2.24) is 14.4 Å². The SMILES string of the molecule is COc1ccc(C2CC(=O)c3cn4c(nc3C2)nc2ccccc24)cc1OC. The van der Waals surface area contributed by atoms with Crippen molar-refractivity contribution in [3.8, 4) is 11.5 Å². The maximum Gasteiger partial charge on any atom is 0.235 e. The number of Topliss-reactive ketones (excluding diaryl/α,β-unsaturated/α-hetero) is 1. The number of fused-ring (bicyclic) bond motifs is 4. The van der Waals surface area contributed by atoms with E-state index in [-0.39, 0.29) is 11.7 Å². The number of hydrogen-bond donors (Lipinski definition) is 0. The molecule has 0 saturated heterocycles. The van der Waals surface area contributed by atoms with Gasteiger partial charge in [0.1, 0.15) is 0 Å². The molecule has 2 aromatic heterocycles. The van der Waals surface area contributed by atoms with Crippen molar-refractivity contribution in [3.63, 3.8) is 0 Å². The van der Waals surface area contributed by atoms with Crippen LogP contribution in [-0.2, 0) is 6.42 Å². The molecule has 1 unspecified atom stereocenters. The first-order valence-electron chi connectivity index (χ1n) is 9.20. The Bertz CT molecular complexity index is 1230. The third-order valence-electron chi connectivity index (χ3n) is 5.43. The van der Waals surface area contributed by atoms with Crippen molar-refractivity contribution in [2.45, 2.75) is 18.8 Å². The highest BCUT2D eigenvalue weighted by Crippen LogP contribution is 2.36. The van der Waals surface area contributed by atoms with Crippen LogP contribution in [0.3, 0.4) is 0 Å². The van der Waals surface area contributed by atoms with E-state index in [2.05, 4.69) is 4.98 Å². The minimum atomic E-state index is 0.0548. The number of methoxy groups -OCH3 is 2. The molecule has 0 spiro atoms. The predicted molar refractivity (Wildman–Crippen MR) is 105 cm³/mol. The maximum atomic E-state index is 12.9. The molecular weight excluding hydrogens is 354 g/mol. The van der Waals surface area contributed by atoms with E-state index < -0.39 is 0 Å². The number of ether oxygens (including phenoxy) is 2. The molecule has 1 aliphatic carbocycles. The fourth-order valence-corrected chi connectivity index (χ4v) is 3.99. The average molecular weight is 373 g/mol. The Kier molecular flexibility index (Phi) is 3.79. The Morgan fingerprint density at radius 2 is 1.82 bits per heavy atom. The van der Waals surface area contributed by atoms with E-state index in [9.17, 15) is 4.79 Å². The Labute approximate surface area is 161 Å². The molecule has 0 fully saturated rings. The van der Waals surface area contributed by atoms with Crippen molar-refractivity contribution >= 4 is 22.6 Å². The molecule has 0 amide bonds. The number of carbonyl (C=O) groups is 1. The highest BCUT2D eigenvalue weighted by molar-refractivity contribution is 5.99. The first-order chi connectivity index (χ1) is 13.7. The number of nitrogens with zero attached hydrogens (tertiary/aromatic N) is 3. The number of ketones is 1. The molecular formula is C22H19N3O3. The van der Waals surface area contributed by atoms with Crippen LogP contribution in [0.25, 0.3) is 16.8 Å². The Morgan fingerprint density at radius 1 is 1.00 bits per heavy atom. The Hall–Kier alpha value is -3.41. The number of carbonyl (C=O) groups excluding carboxylic acids is 1. The summed E-state index contributed by atoms with van der Waals surface area (Å²) < 4.78 is 12.6. The third-order valence-corrected chi connectivity index (χ3v) is 5.43. The van der Waals surface area contributed by atoms with Crippen LogP contribution in [0.15, 0.2) is 48.7 Å². The van der Waals surface area contributed by atoms with Gasteiger partial charge in [0.15, 0.2) is 17.3 Å². The van der Waals surface area contributed by atoms with E-state index >= 15 is 0 Å². The summed E-state index contributed by atoms with van der Waals surface area (Å²) in [7, 11) is 3.23. The van der Waals surface area contributed by atoms with Gasteiger partial charge in [-0.2, -0.15) is 0 Å². The van der Waals surface area contributed by atoms with E-state index in [1.807, 2.05) is 53.1 Å². The van der Waals surface area contributed by atoms with Gasteiger partial charge in [0, 0.05) is 12.6 Å². The summed E-state index contributed by atoms with van der Waals surface area (Å²) in [5.41, 5.74) is 4.38. The van der Waals surface area contributed by atoms with Gasteiger partial charge in [-0.1, -0.05) is 18.2 Å². The molecule has 4 aromatic rings. The van der Waals surface area contributed by atoms with E-state index in [0.717, 1.165) is 22.3 Å². The zero-order valence-corrected chi connectivity index (χ0v) is 15.7. The summed E-state index contributed by atoms with van der Waals surface area (Å²) in [4.78, 5) is 22.2. The third kappa shape index (κ3) is 2.52. The van der Waals surface area contributed by atoms with Gasteiger partial charge in [0.2, 0.25) is 5.78 Å². The van der Waals surface area contributed by atoms with Crippen LogP contribution in [0.5, 0.6) is 11.5 Å². The van der Waals surface area contributed by atoms with Gasteiger partial charge in [-0.25, -0.2) is 9.97 Å². The van der Waals surface area contributed by atoms with Gasteiger partial charge < -0.3 is 9.47 Å². The number of rotatable bonds is 3. The lowest BCUT2D eigenvalue weighted by molar-refractivity contribution is 0.0962. The summed E-state index contributed by atoms with van der Waals surface area (Å²) in [6.45, 7) is 0. The van der Waals surface area contributed by atoms with E-state index in [0.29, 0.717) is 35.7 Å². The lowest BCUT2D eigenvalue weighted by Gasteiger charge is -2.24. The standard InChI is InChI=1S/C22H19N3O3/c1-27-20-8-7-13(11-21(20)28-2)14-9-17-15(19(26)10-14)12-25-18-6-4-3-5-16(18)23-22(25)24-17/h3-8,11-12,14H,9-10H2,1-2H3. The highest BCUT2D eigenvalue weighted by atomic mass is 16.5. The summed E-state index contributed by atoms with van der Waals surface area (Å²) in [5, 5.41) is 0. The molecule has 6 heteroatoms. The topological polar surface area (TPSA) is 65.7 Å². The minimum absolute atomic E-state index is 0.0548. The molecule has 28 heavy (non-hydrogen) atoms. The lowest BCUT2D eigenvalue weighted by Crippen LogP contribution is -2.21. The monoisotopic (exact) mass is 373 g/mol. The van der Waals surface area contributed by atoms with Crippen LogP contribution in [0.1, 0.15) is 34.0 Å². The van der Waals surface area contributed by atoms with Crippen molar-refractivity contribution in [2.24, 2.45) is 0 Å². The maximum absolute atomic E-state index is 12.9. The van der Waals surface area contributed by atoms with Crippen LogP contribution >= 0.6 is 0 Å². The van der Waals surface area contributed by atoms with Crippen molar-refractivity contribution in [2.75, 3.05) is 14.2 Å². The fraction of sp³-hybridized carbons (Fsp3) is 0.227. The first-order valence-corrected chi connectivity index (χ1v) is 9.20. The van der Waals surface area contributed by atoms with E-state index in [1.165, 1.54) is 0 Å². The van der Waals surface area contributed by atoms with Crippen LogP contribution < -0.4 is 9.47 Å². The summed E-state index contributed by atoms with van der Waals surface area (Å²) in [5.74, 6) is 2.13. The van der Waals surface area contributed by atoms with Crippen LogP contribution in [-0.4, -0.2) is 34.4 Å². The van der Waals surface area contributed by atoms with Crippen molar-refractivity contribution in [1.29, 1.82) is 0 Å². The molecule has 2 heterocycles. The fourth-order valence-electron chi connectivity index (χ4n) is 3.99. The van der Waals surface area contributed by atoms with Gasteiger partial charge in [-0.15, -0.1) is 0 Å². The molecule has 0 aliphatic heterocycles. The first kappa shape index (κ1) is 16.7. The van der Waals surface area contributed by atoms with Gasteiger partial charge in [-0.05, 0) is 42.2 Å². The van der Waals surface area contributed by atoms with Gasteiger partial charge >= 0.3 is 0 Å². The van der Waals surface area contributed by atoms with Crippen molar-refractivity contribution in [3.05, 3.63) is 65.5 Å². The number of para-hydroxylation sites is 2. The predicted octanol–water partition coefficient (Wildman–Crippen LogP) is 3.81. The minimum Gasteiger partial charge on any atom is -0.493 e. The summed E-state index contributed by atoms with van der Waals surface area (Å²) >= 11 is 0. The molecule has 0 saturated carbocycles. The van der Waals surface area contributed by atoms with Crippen LogP contribution in [0, 0.1) is 0 Å². The molecule has 0 radical (unpaired) electrons. The van der Waals surface area contributed by atoms with E-state index in [4.69, 9.17) is 14.5 Å². The molecule has 0 bridgehead atoms. The lowest BCUT2D eigenvalue weighted by atomic mass is 9.82. The largest absolute Gasteiger partial charge is 0.493 e.